The molecule has 75 valence electrons. The van der Waals surface area contributed by atoms with Crippen LogP contribution in [0.15, 0.2) is 18.2 Å². The zero-order valence-corrected chi connectivity index (χ0v) is 8.50. The van der Waals surface area contributed by atoms with Crippen molar-refractivity contribution in [2.75, 3.05) is 32.1 Å². The molecular formula is C11H14FN2. The number of likely N-dealkylation sites (N-methyl/N-ethyl adjacent to an activating group) is 1. The molecule has 0 bridgehead atoms. The van der Waals surface area contributed by atoms with Gasteiger partial charge in [0, 0.05) is 19.1 Å². The molecule has 1 aliphatic rings. The standard InChI is InChI=1S/C11H14FN2/c1-13(2)9-7-14(8-9)11-6-4-3-5-10(11)12/h4-6,9H,7-8H2,1-2H3. The van der Waals surface area contributed by atoms with Crippen molar-refractivity contribution < 1.29 is 4.39 Å². The molecule has 2 rings (SSSR count). The molecule has 1 fully saturated rings. The van der Waals surface area contributed by atoms with E-state index in [2.05, 4.69) is 25.1 Å². The van der Waals surface area contributed by atoms with Gasteiger partial charge in [0.25, 0.3) is 0 Å². The molecule has 0 aromatic heterocycles. The van der Waals surface area contributed by atoms with E-state index in [0.717, 1.165) is 13.1 Å². The molecule has 1 saturated heterocycles. The van der Waals surface area contributed by atoms with Gasteiger partial charge in [-0.3, -0.25) is 0 Å². The highest BCUT2D eigenvalue weighted by Crippen LogP contribution is 2.24. The minimum absolute atomic E-state index is 0.176. The molecule has 0 amide bonds. The first-order chi connectivity index (χ1) is 6.68. The third-order valence-electron chi connectivity index (χ3n) is 2.73. The summed E-state index contributed by atoms with van der Waals surface area (Å²) in [5, 5.41) is 0. The average Bonchev–Trinajstić information content (AvgIpc) is 2.05. The zero-order valence-electron chi connectivity index (χ0n) is 8.50. The van der Waals surface area contributed by atoms with Crippen molar-refractivity contribution in [1.29, 1.82) is 0 Å². The van der Waals surface area contributed by atoms with Crippen LogP contribution in [0, 0.1) is 11.9 Å². The normalized spacial score (nSPS) is 17.3. The molecule has 2 nitrogen and oxygen atoms in total. The Morgan fingerprint density at radius 1 is 1.50 bits per heavy atom. The number of hydrogen-bond donors (Lipinski definition) is 0. The quantitative estimate of drug-likeness (QED) is 0.700. The molecule has 1 radical (unpaired) electrons. The Kier molecular flexibility index (Phi) is 2.42. The van der Waals surface area contributed by atoms with Crippen LogP contribution in [-0.2, 0) is 0 Å². The fraction of sp³-hybridized carbons (Fsp3) is 0.455. The molecular weight excluding hydrogens is 179 g/mol. The fourth-order valence-corrected chi connectivity index (χ4v) is 1.64. The lowest BCUT2D eigenvalue weighted by Crippen LogP contribution is -2.57. The molecule has 0 spiro atoms. The van der Waals surface area contributed by atoms with Gasteiger partial charge in [-0.2, -0.15) is 0 Å². The summed E-state index contributed by atoms with van der Waals surface area (Å²) in [6.45, 7) is 1.82. The van der Waals surface area contributed by atoms with Crippen molar-refractivity contribution in [2.45, 2.75) is 6.04 Å². The number of benzene rings is 1. The topological polar surface area (TPSA) is 6.48 Å². The summed E-state index contributed by atoms with van der Waals surface area (Å²) in [5.74, 6) is -0.176. The van der Waals surface area contributed by atoms with Gasteiger partial charge in [-0.15, -0.1) is 0 Å². The largest absolute Gasteiger partial charge is 0.366 e. The van der Waals surface area contributed by atoms with Crippen molar-refractivity contribution in [3.63, 3.8) is 0 Å². The van der Waals surface area contributed by atoms with E-state index in [1.54, 1.807) is 12.1 Å². The van der Waals surface area contributed by atoms with Gasteiger partial charge < -0.3 is 9.80 Å². The number of rotatable bonds is 2. The Balaban J connectivity index is 2.03. The average molecular weight is 193 g/mol. The van der Waals surface area contributed by atoms with Crippen LogP contribution >= 0.6 is 0 Å². The molecule has 0 N–H and O–H groups in total. The lowest BCUT2D eigenvalue weighted by Gasteiger charge is -2.44. The second-order valence-corrected chi connectivity index (χ2v) is 3.90. The van der Waals surface area contributed by atoms with Crippen LogP contribution in [0.1, 0.15) is 0 Å². The Hall–Kier alpha value is -1.09. The molecule has 0 unspecified atom stereocenters. The maximum atomic E-state index is 13.3. The molecule has 1 heterocycles. The van der Waals surface area contributed by atoms with Gasteiger partial charge in [0.2, 0.25) is 0 Å². The molecule has 0 saturated carbocycles. The van der Waals surface area contributed by atoms with Gasteiger partial charge in [-0.1, -0.05) is 6.07 Å². The molecule has 1 aliphatic heterocycles. The van der Waals surface area contributed by atoms with E-state index in [0.29, 0.717) is 11.7 Å². The van der Waals surface area contributed by atoms with Gasteiger partial charge >= 0.3 is 0 Å². The molecule has 1 aromatic rings. The first-order valence-electron chi connectivity index (χ1n) is 4.75. The van der Waals surface area contributed by atoms with Crippen LogP contribution in [0.4, 0.5) is 10.1 Å². The molecule has 0 atom stereocenters. The van der Waals surface area contributed by atoms with Gasteiger partial charge in [-0.05, 0) is 32.3 Å². The maximum Gasteiger partial charge on any atom is 0.147 e. The molecule has 14 heavy (non-hydrogen) atoms. The Morgan fingerprint density at radius 2 is 2.21 bits per heavy atom. The lowest BCUT2D eigenvalue weighted by molar-refractivity contribution is 0.246. The van der Waals surface area contributed by atoms with Crippen LogP contribution in [-0.4, -0.2) is 38.1 Å². The number of anilines is 1. The fourth-order valence-electron chi connectivity index (χ4n) is 1.64. The van der Waals surface area contributed by atoms with Crippen molar-refractivity contribution >= 4 is 5.69 Å². The predicted molar refractivity (Wildman–Crippen MR) is 54.9 cm³/mol. The Morgan fingerprint density at radius 3 is 2.79 bits per heavy atom. The second-order valence-electron chi connectivity index (χ2n) is 3.90. The van der Waals surface area contributed by atoms with Crippen molar-refractivity contribution in [2.24, 2.45) is 0 Å². The van der Waals surface area contributed by atoms with Crippen molar-refractivity contribution in [3.8, 4) is 0 Å². The Labute approximate surface area is 83.9 Å². The minimum Gasteiger partial charge on any atom is -0.366 e. The summed E-state index contributed by atoms with van der Waals surface area (Å²) in [5.41, 5.74) is 0.696. The van der Waals surface area contributed by atoms with E-state index in [4.69, 9.17) is 0 Å². The van der Waals surface area contributed by atoms with E-state index in [9.17, 15) is 4.39 Å². The van der Waals surface area contributed by atoms with Gasteiger partial charge in [0.1, 0.15) is 5.82 Å². The monoisotopic (exact) mass is 193 g/mol. The summed E-state index contributed by atoms with van der Waals surface area (Å²) < 4.78 is 13.3. The van der Waals surface area contributed by atoms with E-state index in [-0.39, 0.29) is 5.82 Å². The summed E-state index contributed by atoms with van der Waals surface area (Å²) >= 11 is 0. The minimum atomic E-state index is -0.176. The highest BCUT2D eigenvalue weighted by atomic mass is 19.1. The van der Waals surface area contributed by atoms with Gasteiger partial charge in [0.15, 0.2) is 0 Å². The third kappa shape index (κ3) is 1.60. The van der Waals surface area contributed by atoms with E-state index in [1.165, 1.54) is 6.07 Å². The smallest absolute Gasteiger partial charge is 0.147 e. The Bertz CT molecular complexity index is 319. The highest BCUT2D eigenvalue weighted by molar-refractivity contribution is 5.50. The molecule has 1 aromatic carbocycles. The van der Waals surface area contributed by atoms with Crippen molar-refractivity contribution in [1.82, 2.24) is 4.90 Å². The third-order valence-corrected chi connectivity index (χ3v) is 2.73. The van der Waals surface area contributed by atoms with Crippen LogP contribution in [0.3, 0.4) is 0 Å². The predicted octanol–water partition coefficient (Wildman–Crippen LogP) is 1.38. The maximum absolute atomic E-state index is 13.3. The highest BCUT2D eigenvalue weighted by Gasteiger charge is 2.29. The van der Waals surface area contributed by atoms with Gasteiger partial charge in [-0.25, -0.2) is 4.39 Å². The summed E-state index contributed by atoms with van der Waals surface area (Å²) in [7, 11) is 4.11. The molecule has 3 heteroatoms. The van der Waals surface area contributed by atoms with Crippen LogP contribution in [0.5, 0.6) is 0 Å². The summed E-state index contributed by atoms with van der Waals surface area (Å²) in [6.07, 6.45) is 0. The zero-order chi connectivity index (χ0) is 10.1. The van der Waals surface area contributed by atoms with Crippen LogP contribution in [0.2, 0.25) is 0 Å². The van der Waals surface area contributed by atoms with E-state index in [1.807, 2.05) is 4.90 Å². The summed E-state index contributed by atoms with van der Waals surface area (Å²) in [6, 6.07) is 8.20. The van der Waals surface area contributed by atoms with Crippen molar-refractivity contribution in [3.05, 3.63) is 30.1 Å². The van der Waals surface area contributed by atoms with Gasteiger partial charge in [0.05, 0.1) is 5.69 Å². The first kappa shape index (κ1) is 9.46. The number of halogens is 1. The van der Waals surface area contributed by atoms with Crippen LogP contribution in [0.25, 0.3) is 0 Å². The van der Waals surface area contributed by atoms with Crippen LogP contribution < -0.4 is 4.90 Å². The summed E-state index contributed by atoms with van der Waals surface area (Å²) in [4.78, 5) is 4.22. The SMILES string of the molecule is CN(C)C1CN(c2cc[c]cc2F)C1. The first-order valence-corrected chi connectivity index (χ1v) is 4.75. The number of nitrogens with zero attached hydrogens (tertiary/aromatic N) is 2. The molecule has 0 aliphatic carbocycles. The second kappa shape index (κ2) is 3.58. The van der Waals surface area contributed by atoms with E-state index < -0.39 is 0 Å². The lowest BCUT2D eigenvalue weighted by atomic mass is 10.1. The van der Waals surface area contributed by atoms with E-state index >= 15 is 0 Å². The number of hydrogen-bond acceptors (Lipinski definition) is 2.